The first-order chi connectivity index (χ1) is 7.53. The number of aromatic nitrogens is 2. The average molecular weight is 215 g/mol. The van der Waals surface area contributed by atoms with Crippen LogP contribution in [0.1, 0.15) is 32.4 Å². The Morgan fingerprint density at radius 3 is 2.69 bits per heavy atom. The van der Waals surface area contributed by atoms with Crippen molar-refractivity contribution >= 4 is 5.65 Å². The minimum atomic E-state index is -0.190. The molecule has 1 aliphatic carbocycles. The maximum atomic E-state index is 6.28. The second kappa shape index (κ2) is 2.86. The van der Waals surface area contributed by atoms with Gasteiger partial charge in [0.15, 0.2) is 0 Å². The second-order valence-electron chi connectivity index (χ2n) is 5.40. The van der Waals surface area contributed by atoms with E-state index in [1.54, 1.807) is 0 Å². The summed E-state index contributed by atoms with van der Waals surface area (Å²) in [5.41, 5.74) is 8.34. The van der Waals surface area contributed by atoms with Crippen LogP contribution in [0.15, 0.2) is 30.6 Å². The van der Waals surface area contributed by atoms with Gasteiger partial charge in [-0.1, -0.05) is 6.07 Å². The number of imidazole rings is 1. The van der Waals surface area contributed by atoms with Crippen LogP contribution in [0.25, 0.3) is 5.65 Å². The summed E-state index contributed by atoms with van der Waals surface area (Å²) in [7, 11) is 0. The third kappa shape index (κ3) is 1.21. The Bertz CT molecular complexity index is 496. The first-order valence-corrected chi connectivity index (χ1v) is 5.76. The van der Waals surface area contributed by atoms with E-state index in [4.69, 9.17) is 10.7 Å². The number of fused-ring (bicyclic) bond motifs is 1. The van der Waals surface area contributed by atoms with E-state index in [-0.39, 0.29) is 11.0 Å². The SMILES string of the molecule is CC(C)(N)C1(c2cn3ccccc3n2)CC1. The van der Waals surface area contributed by atoms with Crippen LogP contribution in [-0.2, 0) is 5.41 Å². The lowest BCUT2D eigenvalue weighted by Crippen LogP contribution is -2.45. The van der Waals surface area contributed by atoms with Gasteiger partial charge in [0, 0.05) is 23.3 Å². The molecule has 3 rings (SSSR count). The zero-order valence-corrected chi connectivity index (χ0v) is 9.77. The van der Waals surface area contributed by atoms with Crippen molar-refractivity contribution in [2.24, 2.45) is 5.73 Å². The molecule has 0 saturated heterocycles. The number of hydrogen-bond donors (Lipinski definition) is 1. The van der Waals surface area contributed by atoms with E-state index in [9.17, 15) is 0 Å². The van der Waals surface area contributed by atoms with Crippen LogP contribution in [0.2, 0.25) is 0 Å². The summed E-state index contributed by atoms with van der Waals surface area (Å²) in [5.74, 6) is 0. The molecular formula is C13H17N3. The number of nitrogens with zero attached hydrogens (tertiary/aromatic N) is 2. The van der Waals surface area contributed by atoms with Gasteiger partial charge in [0.05, 0.1) is 5.69 Å². The van der Waals surface area contributed by atoms with Crippen molar-refractivity contribution < 1.29 is 0 Å². The van der Waals surface area contributed by atoms with Crippen molar-refractivity contribution in [1.29, 1.82) is 0 Å². The molecule has 0 bridgehead atoms. The van der Waals surface area contributed by atoms with Gasteiger partial charge in [0.1, 0.15) is 5.65 Å². The van der Waals surface area contributed by atoms with Gasteiger partial charge >= 0.3 is 0 Å². The molecular weight excluding hydrogens is 198 g/mol. The number of pyridine rings is 1. The van der Waals surface area contributed by atoms with Crippen LogP contribution in [0.3, 0.4) is 0 Å². The highest BCUT2D eigenvalue weighted by molar-refractivity contribution is 5.43. The zero-order chi connectivity index (χ0) is 11.4. The maximum absolute atomic E-state index is 6.28. The van der Waals surface area contributed by atoms with Crippen LogP contribution in [-0.4, -0.2) is 14.9 Å². The summed E-state index contributed by atoms with van der Waals surface area (Å²) >= 11 is 0. The van der Waals surface area contributed by atoms with E-state index >= 15 is 0 Å². The first-order valence-electron chi connectivity index (χ1n) is 5.76. The van der Waals surface area contributed by atoms with E-state index in [2.05, 4.69) is 24.4 Å². The third-order valence-electron chi connectivity index (χ3n) is 3.84. The monoisotopic (exact) mass is 215 g/mol. The van der Waals surface area contributed by atoms with E-state index in [0.29, 0.717) is 0 Å². The molecule has 0 aromatic carbocycles. The van der Waals surface area contributed by atoms with Crippen LogP contribution >= 0.6 is 0 Å². The Hall–Kier alpha value is -1.35. The fourth-order valence-corrected chi connectivity index (χ4v) is 2.52. The van der Waals surface area contributed by atoms with Crippen molar-refractivity contribution in [3.63, 3.8) is 0 Å². The highest BCUT2D eigenvalue weighted by Crippen LogP contribution is 2.54. The molecule has 16 heavy (non-hydrogen) atoms. The Balaban J connectivity index is 2.14. The lowest BCUT2D eigenvalue weighted by Gasteiger charge is -2.29. The van der Waals surface area contributed by atoms with E-state index in [0.717, 1.165) is 24.2 Å². The largest absolute Gasteiger partial charge is 0.325 e. The normalized spacial score (nSPS) is 18.9. The predicted molar refractivity (Wildman–Crippen MR) is 64.4 cm³/mol. The molecule has 0 amide bonds. The summed E-state index contributed by atoms with van der Waals surface area (Å²) in [5, 5.41) is 0. The molecule has 1 saturated carbocycles. The zero-order valence-electron chi connectivity index (χ0n) is 9.77. The fraction of sp³-hybridized carbons (Fsp3) is 0.462. The summed E-state index contributed by atoms with van der Waals surface area (Å²) in [6.07, 6.45) is 6.46. The van der Waals surface area contributed by atoms with E-state index < -0.39 is 0 Å². The number of nitrogens with two attached hydrogens (primary N) is 1. The van der Waals surface area contributed by atoms with Gasteiger partial charge in [0.2, 0.25) is 0 Å². The molecule has 3 nitrogen and oxygen atoms in total. The highest BCUT2D eigenvalue weighted by atomic mass is 15.0. The lowest BCUT2D eigenvalue weighted by atomic mass is 9.83. The molecule has 0 aliphatic heterocycles. The minimum Gasteiger partial charge on any atom is -0.325 e. The quantitative estimate of drug-likeness (QED) is 0.833. The first kappa shape index (κ1) is 9.85. The summed E-state index contributed by atoms with van der Waals surface area (Å²) in [4.78, 5) is 4.70. The Morgan fingerprint density at radius 2 is 2.12 bits per heavy atom. The molecule has 1 fully saturated rings. The van der Waals surface area contributed by atoms with Gasteiger partial charge in [-0.2, -0.15) is 0 Å². The van der Waals surface area contributed by atoms with E-state index in [1.807, 2.05) is 24.4 Å². The van der Waals surface area contributed by atoms with Crippen molar-refractivity contribution in [3.8, 4) is 0 Å². The summed E-state index contributed by atoms with van der Waals surface area (Å²) in [6, 6.07) is 6.06. The minimum absolute atomic E-state index is 0.0962. The summed E-state index contributed by atoms with van der Waals surface area (Å²) < 4.78 is 2.07. The van der Waals surface area contributed by atoms with Crippen molar-refractivity contribution in [2.75, 3.05) is 0 Å². The molecule has 0 radical (unpaired) electrons. The predicted octanol–water partition coefficient (Wildman–Crippen LogP) is 2.10. The van der Waals surface area contributed by atoms with Crippen LogP contribution in [0.4, 0.5) is 0 Å². The lowest BCUT2D eigenvalue weighted by molar-refractivity contribution is 0.385. The van der Waals surface area contributed by atoms with Gasteiger partial charge in [-0.3, -0.25) is 0 Å². The Labute approximate surface area is 95.3 Å². The fourth-order valence-electron chi connectivity index (χ4n) is 2.52. The third-order valence-corrected chi connectivity index (χ3v) is 3.84. The van der Waals surface area contributed by atoms with Gasteiger partial charge in [-0.15, -0.1) is 0 Å². The molecule has 2 heterocycles. The molecule has 3 heteroatoms. The standard InChI is InChI=1S/C13H17N3/c1-12(2,14)13(6-7-13)10-9-16-8-4-3-5-11(16)15-10/h3-5,8-9H,6-7,14H2,1-2H3. The maximum Gasteiger partial charge on any atom is 0.136 e. The van der Waals surface area contributed by atoms with Gasteiger partial charge in [-0.25, -0.2) is 4.98 Å². The molecule has 2 aromatic heterocycles. The Kier molecular flexibility index (Phi) is 1.76. The highest BCUT2D eigenvalue weighted by Gasteiger charge is 2.55. The van der Waals surface area contributed by atoms with Crippen LogP contribution < -0.4 is 5.73 Å². The molecule has 0 atom stereocenters. The van der Waals surface area contributed by atoms with Crippen LogP contribution in [0.5, 0.6) is 0 Å². The van der Waals surface area contributed by atoms with Gasteiger partial charge in [-0.05, 0) is 38.8 Å². The molecule has 1 aliphatic rings. The van der Waals surface area contributed by atoms with Gasteiger partial charge in [0.25, 0.3) is 0 Å². The number of rotatable bonds is 2. The van der Waals surface area contributed by atoms with E-state index in [1.165, 1.54) is 0 Å². The van der Waals surface area contributed by atoms with Crippen molar-refractivity contribution in [1.82, 2.24) is 9.38 Å². The van der Waals surface area contributed by atoms with Crippen molar-refractivity contribution in [3.05, 3.63) is 36.3 Å². The Morgan fingerprint density at radius 1 is 1.38 bits per heavy atom. The second-order valence-corrected chi connectivity index (χ2v) is 5.40. The molecule has 2 N–H and O–H groups in total. The molecule has 0 spiro atoms. The smallest absolute Gasteiger partial charge is 0.136 e. The topological polar surface area (TPSA) is 43.3 Å². The van der Waals surface area contributed by atoms with Crippen LogP contribution in [0, 0.1) is 0 Å². The van der Waals surface area contributed by atoms with Crippen molar-refractivity contribution in [2.45, 2.75) is 37.6 Å². The average Bonchev–Trinajstić information content (AvgIpc) is 2.92. The van der Waals surface area contributed by atoms with Gasteiger partial charge < -0.3 is 10.1 Å². The number of hydrogen-bond acceptors (Lipinski definition) is 2. The molecule has 84 valence electrons. The molecule has 2 aromatic rings. The summed E-state index contributed by atoms with van der Waals surface area (Å²) in [6.45, 7) is 4.20. The molecule has 0 unspecified atom stereocenters.